The van der Waals surface area contributed by atoms with Crippen LogP contribution in [0, 0.1) is 12.0 Å². The van der Waals surface area contributed by atoms with Gasteiger partial charge in [0.05, 0.1) is 0 Å². The molecule has 0 amide bonds. The summed E-state index contributed by atoms with van der Waals surface area (Å²) in [6.45, 7) is 3.34. The summed E-state index contributed by atoms with van der Waals surface area (Å²) in [4.78, 5) is 0. The molecule has 2 N–H and O–H groups in total. The Morgan fingerprint density at radius 3 is 2.86 bits per heavy atom. The fraction of sp³-hybridized carbons (Fsp3) is 0.167. The average molecular weight is 93.1 g/mol. The molecule has 0 aliphatic heterocycles. The van der Waals surface area contributed by atoms with Gasteiger partial charge in [-0.15, -0.1) is 5.73 Å². The van der Waals surface area contributed by atoms with Gasteiger partial charge in [0, 0.05) is 12.5 Å². The molecule has 0 aromatic rings. The summed E-state index contributed by atoms with van der Waals surface area (Å²) in [5.74, 6) is 2.62. The van der Waals surface area contributed by atoms with E-state index in [1.54, 1.807) is 6.08 Å². The molecule has 0 rings (SSSR count). The summed E-state index contributed by atoms with van der Waals surface area (Å²) in [5, 5.41) is 0. The number of hydrogen-bond donors (Lipinski definition) is 1. The Balaban J connectivity index is 3.27. The van der Waals surface area contributed by atoms with Crippen molar-refractivity contribution in [3.05, 3.63) is 18.4 Å². The summed E-state index contributed by atoms with van der Waals surface area (Å²) in [5.41, 5.74) is 7.41. The highest BCUT2D eigenvalue weighted by atomic mass is 14.4. The largest absolute Gasteiger partial charge is 0.359 e. The first-order valence-electron chi connectivity index (χ1n) is 1.94. The second-order valence-electron chi connectivity index (χ2n) is 0.933. The van der Waals surface area contributed by atoms with Gasteiger partial charge in [-0.2, -0.15) is 0 Å². The maximum Gasteiger partial charge on any atom is 0.0362 e. The maximum absolute atomic E-state index is 4.84. The number of allylic oxidation sites excluding steroid dienone is 1. The first-order chi connectivity index (χ1) is 3.41. The summed E-state index contributed by atoms with van der Waals surface area (Å²) in [6.07, 6.45) is 2.37. The summed E-state index contributed by atoms with van der Waals surface area (Å²) < 4.78 is 0. The molecule has 0 aliphatic rings. The average Bonchev–Trinajstić information content (AvgIpc) is 1.69. The second kappa shape index (κ2) is 4.88. The zero-order chi connectivity index (χ0) is 5.54. The van der Waals surface area contributed by atoms with Crippen LogP contribution in [0.3, 0.4) is 0 Å². The Hall–Kier alpha value is -1.12. The van der Waals surface area contributed by atoms with E-state index in [1.165, 1.54) is 0 Å². The summed E-state index contributed by atoms with van der Waals surface area (Å²) >= 11 is 0. The molecule has 7 heavy (non-hydrogen) atoms. The third-order valence-corrected chi connectivity index (χ3v) is 0.451. The molecule has 0 heterocycles. The molecule has 0 saturated heterocycles. The lowest BCUT2D eigenvalue weighted by atomic mass is 10.4. The van der Waals surface area contributed by atoms with Gasteiger partial charge in [0.1, 0.15) is 0 Å². The Labute approximate surface area is 43.5 Å². The second-order valence-corrected chi connectivity index (χ2v) is 0.933. The summed E-state index contributed by atoms with van der Waals surface area (Å²) in [7, 11) is 0. The summed E-state index contributed by atoms with van der Waals surface area (Å²) in [6, 6.07) is 2.25. The van der Waals surface area contributed by atoms with Gasteiger partial charge in [-0.25, -0.2) is 0 Å². The van der Waals surface area contributed by atoms with E-state index in [-0.39, 0.29) is 0 Å². The lowest BCUT2D eigenvalue weighted by Crippen LogP contribution is -1.74. The van der Waals surface area contributed by atoms with Crippen LogP contribution in [0.25, 0.3) is 0 Å². The molecule has 0 saturated carbocycles. The molecule has 0 aromatic heterocycles. The lowest BCUT2D eigenvalue weighted by Gasteiger charge is -1.64. The normalized spacial score (nSPS) is 5.14. The third-order valence-electron chi connectivity index (χ3n) is 0.451. The number of nitrogens with two attached hydrogens (primary N) is 1. The molecule has 1 heteroatoms. The van der Waals surface area contributed by atoms with E-state index in [0.717, 1.165) is 0 Å². The Kier molecular flexibility index (Phi) is 4.10. The van der Waals surface area contributed by atoms with Gasteiger partial charge < -0.3 is 5.73 Å². The van der Waals surface area contributed by atoms with Gasteiger partial charge in [-0.05, 0) is 6.08 Å². The quantitative estimate of drug-likeness (QED) is 0.287. The monoisotopic (exact) mass is 93.1 g/mol. The lowest BCUT2D eigenvalue weighted by molar-refractivity contribution is 1.47. The molecule has 36 valence electrons. The minimum absolute atomic E-state index is 0.653. The van der Waals surface area contributed by atoms with E-state index in [4.69, 9.17) is 5.73 Å². The first-order valence-corrected chi connectivity index (χ1v) is 1.94. The molecule has 0 unspecified atom stereocenters. The van der Waals surface area contributed by atoms with Gasteiger partial charge in [0.2, 0.25) is 0 Å². The van der Waals surface area contributed by atoms with E-state index in [9.17, 15) is 0 Å². The highest BCUT2D eigenvalue weighted by Gasteiger charge is 1.58. The van der Waals surface area contributed by atoms with Crippen molar-refractivity contribution < 1.29 is 0 Å². The van der Waals surface area contributed by atoms with Gasteiger partial charge in [-0.3, -0.25) is 0 Å². The molecule has 0 fully saturated rings. The van der Waals surface area contributed by atoms with Crippen LogP contribution in [0.2, 0.25) is 0 Å². The van der Waals surface area contributed by atoms with Crippen molar-refractivity contribution >= 4 is 0 Å². The molecule has 0 atom stereocenters. The van der Waals surface area contributed by atoms with Crippen molar-refractivity contribution in [2.24, 2.45) is 5.73 Å². The van der Waals surface area contributed by atoms with Crippen LogP contribution < -0.4 is 5.73 Å². The number of hydrogen-bond acceptors (Lipinski definition) is 1. The minimum atomic E-state index is 0.653. The van der Waals surface area contributed by atoms with Gasteiger partial charge in [0.25, 0.3) is 0 Å². The van der Waals surface area contributed by atoms with Crippen LogP contribution in [0.15, 0.2) is 18.4 Å². The molecule has 0 aliphatic carbocycles. The van der Waals surface area contributed by atoms with Crippen LogP contribution in [-0.2, 0) is 0 Å². The van der Waals surface area contributed by atoms with Gasteiger partial charge >= 0.3 is 0 Å². The van der Waals surface area contributed by atoms with E-state index >= 15 is 0 Å². The Morgan fingerprint density at radius 2 is 2.43 bits per heavy atom. The Bertz CT molecular complexity index is 130. The SMILES string of the molecule is C=C=CCC#CN. The van der Waals surface area contributed by atoms with Crippen molar-refractivity contribution in [1.29, 1.82) is 0 Å². The van der Waals surface area contributed by atoms with Gasteiger partial charge in [0.15, 0.2) is 0 Å². The topological polar surface area (TPSA) is 26.0 Å². The van der Waals surface area contributed by atoms with Crippen LogP contribution in [0.5, 0.6) is 0 Å². The van der Waals surface area contributed by atoms with E-state index in [1.807, 2.05) is 0 Å². The van der Waals surface area contributed by atoms with Crippen molar-refractivity contribution in [2.75, 3.05) is 0 Å². The molecule has 0 radical (unpaired) electrons. The molecule has 0 spiro atoms. The smallest absolute Gasteiger partial charge is 0.0362 e. The zero-order valence-corrected chi connectivity index (χ0v) is 4.07. The predicted octanol–water partition coefficient (Wildman–Crippen LogP) is 0.637. The fourth-order valence-corrected chi connectivity index (χ4v) is 0.182. The van der Waals surface area contributed by atoms with E-state index in [0.29, 0.717) is 6.42 Å². The van der Waals surface area contributed by atoms with Crippen molar-refractivity contribution in [1.82, 2.24) is 0 Å². The molecule has 0 bridgehead atoms. The van der Waals surface area contributed by atoms with E-state index in [2.05, 4.69) is 24.3 Å². The third kappa shape index (κ3) is 4.88. The predicted molar refractivity (Wildman–Crippen MR) is 30.3 cm³/mol. The fourth-order valence-electron chi connectivity index (χ4n) is 0.182. The molecule has 1 nitrogen and oxygen atoms in total. The number of rotatable bonds is 1. The highest BCUT2D eigenvalue weighted by molar-refractivity contribution is 5.00. The van der Waals surface area contributed by atoms with Crippen LogP contribution >= 0.6 is 0 Å². The van der Waals surface area contributed by atoms with Crippen LogP contribution in [-0.4, -0.2) is 0 Å². The van der Waals surface area contributed by atoms with Crippen LogP contribution in [0.1, 0.15) is 6.42 Å². The molecular formula is C6H7N. The minimum Gasteiger partial charge on any atom is -0.359 e. The highest BCUT2D eigenvalue weighted by Crippen LogP contribution is 1.71. The van der Waals surface area contributed by atoms with Crippen molar-refractivity contribution in [3.8, 4) is 12.0 Å². The van der Waals surface area contributed by atoms with Crippen LogP contribution in [0.4, 0.5) is 0 Å². The molecular weight excluding hydrogens is 86.1 g/mol. The first kappa shape index (κ1) is 5.88. The Morgan fingerprint density at radius 1 is 1.71 bits per heavy atom. The standard InChI is InChI=1S/C6H7N/c1-2-3-4-5-6-7/h3H,1,4,7H2. The van der Waals surface area contributed by atoms with E-state index < -0.39 is 0 Å². The van der Waals surface area contributed by atoms with Crippen molar-refractivity contribution in [2.45, 2.75) is 6.42 Å². The molecule has 0 aromatic carbocycles. The maximum atomic E-state index is 4.84. The van der Waals surface area contributed by atoms with Crippen molar-refractivity contribution in [3.63, 3.8) is 0 Å². The zero-order valence-electron chi connectivity index (χ0n) is 4.07. The van der Waals surface area contributed by atoms with Gasteiger partial charge in [-0.1, -0.05) is 12.5 Å².